The minimum absolute atomic E-state index is 0.530. The molecule has 0 aliphatic carbocycles. The van der Waals surface area contributed by atoms with E-state index < -0.39 is 5.60 Å². The summed E-state index contributed by atoms with van der Waals surface area (Å²) in [5, 5.41) is 9.56. The van der Waals surface area contributed by atoms with Crippen molar-refractivity contribution < 1.29 is 9.90 Å². The summed E-state index contributed by atoms with van der Waals surface area (Å²) in [5.74, 6) is 0. The van der Waals surface area contributed by atoms with Crippen molar-refractivity contribution in [2.45, 2.75) is 58.0 Å². The normalized spacial score (nSPS) is 15.6. The SMILES string of the molecule is CCCCCCC(O)(C=O)CC. The molecule has 1 N–H and O–H groups in total. The van der Waals surface area contributed by atoms with Gasteiger partial charge in [0.1, 0.15) is 5.60 Å². The minimum Gasteiger partial charge on any atom is -0.382 e. The van der Waals surface area contributed by atoms with Crippen LogP contribution in [0.4, 0.5) is 0 Å². The van der Waals surface area contributed by atoms with Crippen LogP contribution in [0.5, 0.6) is 0 Å². The second-order valence-electron chi connectivity index (χ2n) is 3.39. The van der Waals surface area contributed by atoms with E-state index in [-0.39, 0.29) is 0 Å². The van der Waals surface area contributed by atoms with Gasteiger partial charge < -0.3 is 9.90 Å². The number of hydrogen-bond acceptors (Lipinski definition) is 2. The van der Waals surface area contributed by atoms with Crippen molar-refractivity contribution in [3.05, 3.63) is 0 Å². The summed E-state index contributed by atoms with van der Waals surface area (Å²) < 4.78 is 0. The Balaban J connectivity index is 3.51. The number of rotatable bonds is 7. The van der Waals surface area contributed by atoms with Crippen LogP contribution in [-0.4, -0.2) is 17.0 Å². The van der Waals surface area contributed by atoms with Crippen molar-refractivity contribution in [2.24, 2.45) is 0 Å². The molecule has 1 atom stereocenters. The molecule has 0 spiro atoms. The third kappa shape index (κ3) is 4.50. The molecule has 0 aromatic carbocycles. The van der Waals surface area contributed by atoms with Crippen LogP contribution < -0.4 is 0 Å². The third-order valence-corrected chi connectivity index (χ3v) is 2.29. The van der Waals surface area contributed by atoms with Crippen molar-refractivity contribution in [3.63, 3.8) is 0 Å². The van der Waals surface area contributed by atoms with Gasteiger partial charge in [0.15, 0.2) is 6.29 Å². The van der Waals surface area contributed by atoms with Crippen molar-refractivity contribution >= 4 is 6.29 Å². The number of carbonyl (C=O) groups excluding carboxylic acids is 1. The summed E-state index contributed by atoms with van der Waals surface area (Å²) >= 11 is 0. The second-order valence-corrected chi connectivity index (χ2v) is 3.39. The van der Waals surface area contributed by atoms with Crippen LogP contribution in [0.3, 0.4) is 0 Å². The lowest BCUT2D eigenvalue weighted by Gasteiger charge is -2.18. The molecule has 0 fully saturated rings. The summed E-state index contributed by atoms with van der Waals surface area (Å²) in [5.41, 5.74) is -1.05. The predicted molar refractivity (Wildman–Crippen MR) is 50.1 cm³/mol. The van der Waals surface area contributed by atoms with Crippen LogP contribution in [0, 0.1) is 0 Å². The first-order valence-corrected chi connectivity index (χ1v) is 4.87. The van der Waals surface area contributed by atoms with E-state index in [1.807, 2.05) is 6.92 Å². The van der Waals surface area contributed by atoms with Gasteiger partial charge in [0.25, 0.3) is 0 Å². The lowest BCUT2D eigenvalue weighted by molar-refractivity contribution is -0.125. The molecule has 12 heavy (non-hydrogen) atoms. The monoisotopic (exact) mass is 172 g/mol. The van der Waals surface area contributed by atoms with Crippen LogP contribution in [0.1, 0.15) is 52.4 Å². The van der Waals surface area contributed by atoms with E-state index in [1.54, 1.807) is 0 Å². The van der Waals surface area contributed by atoms with Crippen molar-refractivity contribution in [1.29, 1.82) is 0 Å². The molecule has 2 nitrogen and oxygen atoms in total. The summed E-state index contributed by atoms with van der Waals surface area (Å²) in [4.78, 5) is 10.5. The Morgan fingerprint density at radius 2 is 1.92 bits per heavy atom. The highest BCUT2D eigenvalue weighted by atomic mass is 16.3. The molecule has 0 radical (unpaired) electrons. The topological polar surface area (TPSA) is 37.3 Å². The lowest BCUT2D eigenvalue weighted by atomic mass is 9.95. The van der Waals surface area contributed by atoms with Crippen LogP contribution >= 0.6 is 0 Å². The number of unbranched alkanes of at least 4 members (excludes halogenated alkanes) is 3. The maximum atomic E-state index is 10.5. The van der Waals surface area contributed by atoms with E-state index in [9.17, 15) is 9.90 Å². The Hall–Kier alpha value is -0.370. The highest BCUT2D eigenvalue weighted by molar-refractivity contribution is 5.61. The van der Waals surface area contributed by atoms with Gasteiger partial charge in [-0.05, 0) is 12.8 Å². The standard InChI is InChI=1S/C10H20O2/c1-3-5-6-7-8-10(12,4-2)9-11/h9,12H,3-8H2,1-2H3. The molecule has 0 aromatic rings. The molecule has 0 rings (SSSR count). The molecule has 0 saturated heterocycles. The molecule has 0 saturated carbocycles. The Bertz CT molecular complexity index is 123. The average Bonchev–Trinajstić information content (AvgIpc) is 2.12. The maximum absolute atomic E-state index is 10.5. The number of aldehydes is 1. The van der Waals surface area contributed by atoms with Gasteiger partial charge in [-0.15, -0.1) is 0 Å². The highest BCUT2D eigenvalue weighted by Gasteiger charge is 2.22. The third-order valence-electron chi connectivity index (χ3n) is 2.29. The van der Waals surface area contributed by atoms with E-state index in [2.05, 4.69) is 6.92 Å². The Labute approximate surface area is 75.0 Å². The average molecular weight is 172 g/mol. The Kier molecular flexibility index (Phi) is 5.99. The summed E-state index contributed by atoms with van der Waals surface area (Å²) in [6.45, 7) is 3.99. The maximum Gasteiger partial charge on any atom is 0.151 e. The van der Waals surface area contributed by atoms with E-state index in [0.29, 0.717) is 19.1 Å². The fourth-order valence-corrected chi connectivity index (χ4v) is 1.18. The van der Waals surface area contributed by atoms with Gasteiger partial charge in [0.2, 0.25) is 0 Å². The van der Waals surface area contributed by atoms with Crippen LogP contribution in [0.2, 0.25) is 0 Å². The fourth-order valence-electron chi connectivity index (χ4n) is 1.18. The number of hydrogen-bond donors (Lipinski definition) is 1. The van der Waals surface area contributed by atoms with Crippen molar-refractivity contribution in [2.75, 3.05) is 0 Å². The predicted octanol–water partition coefficient (Wildman–Crippen LogP) is 2.30. The van der Waals surface area contributed by atoms with Crippen molar-refractivity contribution in [3.8, 4) is 0 Å². The molecule has 0 aromatic heterocycles. The Morgan fingerprint density at radius 1 is 1.25 bits per heavy atom. The fraction of sp³-hybridized carbons (Fsp3) is 0.900. The number of aliphatic hydroxyl groups is 1. The molecule has 72 valence electrons. The zero-order chi connectivity index (χ0) is 9.45. The van der Waals surface area contributed by atoms with Gasteiger partial charge in [-0.3, -0.25) is 0 Å². The van der Waals surface area contributed by atoms with Gasteiger partial charge in [0.05, 0.1) is 0 Å². The smallest absolute Gasteiger partial charge is 0.151 e. The first-order chi connectivity index (χ1) is 5.68. The molecule has 1 unspecified atom stereocenters. The van der Waals surface area contributed by atoms with E-state index in [4.69, 9.17) is 0 Å². The van der Waals surface area contributed by atoms with Gasteiger partial charge in [-0.1, -0.05) is 39.5 Å². The largest absolute Gasteiger partial charge is 0.382 e. The molecule has 2 heteroatoms. The second kappa shape index (κ2) is 6.18. The first-order valence-electron chi connectivity index (χ1n) is 4.87. The van der Waals surface area contributed by atoms with Gasteiger partial charge in [-0.25, -0.2) is 0 Å². The van der Waals surface area contributed by atoms with Crippen LogP contribution in [0.15, 0.2) is 0 Å². The van der Waals surface area contributed by atoms with E-state index in [1.165, 1.54) is 12.8 Å². The van der Waals surface area contributed by atoms with E-state index in [0.717, 1.165) is 12.8 Å². The zero-order valence-corrected chi connectivity index (χ0v) is 8.18. The van der Waals surface area contributed by atoms with Gasteiger partial charge in [0, 0.05) is 0 Å². The van der Waals surface area contributed by atoms with Gasteiger partial charge in [-0.2, -0.15) is 0 Å². The minimum atomic E-state index is -1.05. The summed E-state index contributed by atoms with van der Waals surface area (Å²) in [6.07, 6.45) is 6.28. The lowest BCUT2D eigenvalue weighted by Crippen LogP contribution is -2.29. The molecule has 0 bridgehead atoms. The molecular formula is C10H20O2. The first kappa shape index (κ1) is 11.6. The van der Waals surface area contributed by atoms with Crippen LogP contribution in [0.25, 0.3) is 0 Å². The Morgan fingerprint density at radius 3 is 2.33 bits per heavy atom. The zero-order valence-electron chi connectivity index (χ0n) is 8.18. The summed E-state index contributed by atoms with van der Waals surface area (Å²) in [6, 6.07) is 0. The van der Waals surface area contributed by atoms with E-state index >= 15 is 0 Å². The molecule has 0 heterocycles. The molecule has 0 aliphatic rings. The highest BCUT2D eigenvalue weighted by Crippen LogP contribution is 2.16. The van der Waals surface area contributed by atoms with Crippen molar-refractivity contribution in [1.82, 2.24) is 0 Å². The quantitative estimate of drug-likeness (QED) is 0.472. The van der Waals surface area contributed by atoms with Crippen LogP contribution in [-0.2, 0) is 4.79 Å². The van der Waals surface area contributed by atoms with Gasteiger partial charge >= 0.3 is 0 Å². The molecular weight excluding hydrogens is 152 g/mol. The number of carbonyl (C=O) groups is 1. The molecule has 0 amide bonds. The summed E-state index contributed by atoms with van der Waals surface area (Å²) in [7, 11) is 0. The molecule has 0 aliphatic heterocycles.